The smallest absolute Gasteiger partial charge is 0.221 e. The molecule has 0 aromatic heterocycles. The first-order chi connectivity index (χ1) is 9.24. The van der Waals surface area contributed by atoms with Gasteiger partial charge in [-0.1, -0.05) is 26.2 Å². The molecule has 0 spiro atoms. The van der Waals surface area contributed by atoms with E-state index >= 15 is 0 Å². The molecule has 3 unspecified atom stereocenters. The van der Waals surface area contributed by atoms with Crippen LogP contribution in [0.2, 0.25) is 0 Å². The van der Waals surface area contributed by atoms with Crippen LogP contribution in [0.1, 0.15) is 45.4 Å². The number of hydrogen-bond donors (Lipinski definition) is 2. The van der Waals surface area contributed by atoms with Crippen LogP contribution in [0, 0.1) is 11.8 Å². The maximum absolute atomic E-state index is 11.9. The van der Waals surface area contributed by atoms with Crippen molar-refractivity contribution in [2.75, 3.05) is 24.6 Å². The van der Waals surface area contributed by atoms with E-state index in [2.05, 4.69) is 17.6 Å². The Balaban J connectivity index is 1.55. The molecular weight excluding hydrogens is 256 g/mol. The Hall–Kier alpha value is -0.220. The molecule has 0 aromatic rings. The average Bonchev–Trinajstić information content (AvgIpc) is 2.40. The molecule has 0 bridgehead atoms. The van der Waals surface area contributed by atoms with Crippen molar-refractivity contribution in [2.24, 2.45) is 11.8 Å². The van der Waals surface area contributed by atoms with Crippen LogP contribution in [0.4, 0.5) is 0 Å². The van der Waals surface area contributed by atoms with Crippen molar-refractivity contribution in [1.82, 2.24) is 10.6 Å². The van der Waals surface area contributed by atoms with Gasteiger partial charge >= 0.3 is 0 Å². The SMILES string of the molecule is CC1CCCC(CCNC(=O)CC2CSCCN2)C1. The first kappa shape index (κ1) is 15.2. The van der Waals surface area contributed by atoms with Crippen LogP contribution in [0.5, 0.6) is 0 Å². The van der Waals surface area contributed by atoms with Gasteiger partial charge in [0, 0.05) is 37.1 Å². The van der Waals surface area contributed by atoms with Gasteiger partial charge in [-0.05, 0) is 24.7 Å². The van der Waals surface area contributed by atoms with Crippen LogP contribution < -0.4 is 10.6 Å². The Bertz CT molecular complexity index is 279. The van der Waals surface area contributed by atoms with E-state index in [9.17, 15) is 4.79 Å². The molecule has 19 heavy (non-hydrogen) atoms. The van der Waals surface area contributed by atoms with Crippen molar-refractivity contribution < 1.29 is 4.79 Å². The fourth-order valence-electron chi connectivity index (χ4n) is 3.28. The molecule has 2 aliphatic rings. The van der Waals surface area contributed by atoms with Gasteiger partial charge in [-0.3, -0.25) is 4.79 Å². The second kappa shape index (κ2) is 8.15. The van der Waals surface area contributed by atoms with Crippen LogP contribution in [-0.4, -0.2) is 36.5 Å². The fourth-order valence-corrected chi connectivity index (χ4v) is 4.23. The Morgan fingerprint density at radius 2 is 2.32 bits per heavy atom. The predicted octanol–water partition coefficient (Wildman–Crippen LogP) is 2.41. The number of carbonyl (C=O) groups excluding carboxylic acids is 1. The zero-order valence-corrected chi connectivity index (χ0v) is 12.9. The molecule has 2 fully saturated rings. The van der Waals surface area contributed by atoms with Crippen LogP contribution in [0.15, 0.2) is 0 Å². The molecule has 0 radical (unpaired) electrons. The Morgan fingerprint density at radius 3 is 3.05 bits per heavy atom. The van der Waals surface area contributed by atoms with Gasteiger partial charge in [-0.2, -0.15) is 11.8 Å². The van der Waals surface area contributed by atoms with Crippen molar-refractivity contribution >= 4 is 17.7 Å². The third-order valence-electron chi connectivity index (χ3n) is 4.35. The Kier molecular flexibility index (Phi) is 6.51. The van der Waals surface area contributed by atoms with E-state index in [1.165, 1.54) is 37.9 Å². The highest BCUT2D eigenvalue weighted by Crippen LogP contribution is 2.30. The number of carbonyl (C=O) groups is 1. The number of hydrogen-bond acceptors (Lipinski definition) is 3. The van der Waals surface area contributed by atoms with Gasteiger partial charge in [-0.25, -0.2) is 0 Å². The minimum atomic E-state index is 0.226. The van der Waals surface area contributed by atoms with Gasteiger partial charge < -0.3 is 10.6 Å². The quantitative estimate of drug-likeness (QED) is 0.814. The molecule has 3 atom stereocenters. The average molecular weight is 284 g/mol. The third kappa shape index (κ3) is 5.74. The van der Waals surface area contributed by atoms with Crippen molar-refractivity contribution in [3.8, 4) is 0 Å². The molecule has 1 saturated heterocycles. The van der Waals surface area contributed by atoms with E-state index in [0.717, 1.165) is 30.7 Å². The lowest BCUT2D eigenvalue weighted by atomic mass is 9.81. The van der Waals surface area contributed by atoms with E-state index in [4.69, 9.17) is 0 Å². The van der Waals surface area contributed by atoms with Gasteiger partial charge in [0.15, 0.2) is 0 Å². The number of amides is 1. The summed E-state index contributed by atoms with van der Waals surface area (Å²) < 4.78 is 0. The van der Waals surface area contributed by atoms with Crippen molar-refractivity contribution in [3.05, 3.63) is 0 Å². The van der Waals surface area contributed by atoms with Crippen molar-refractivity contribution in [2.45, 2.75) is 51.5 Å². The Labute approximate surface area is 121 Å². The maximum Gasteiger partial charge on any atom is 0.221 e. The molecule has 1 amide bonds. The van der Waals surface area contributed by atoms with E-state index < -0.39 is 0 Å². The number of thioether (sulfide) groups is 1. The summed E-state index contributed by atoms with van der Waals surface area (Å²) in [5.74, 6) is 4.21. The first-order valence-corrected chi connectivity index (χ1v) is 8.97. The molecule has 110 valence electrons. The monoisotopic (exact) mass is 284 g/mol. The highest BCUT2D eigenvalue weighted by molar-refractivity contribution is 7.99. The molecule has 2 rings (SSSR count). The van der Waals surface area contributed by atoms with E-state index in [1.807, 2.05) is 11.8 Å². The van der Waals surface area contributed by atoms with Crippen LogP contribution in [0.3, 0.4) is 0 Å². The van der Waals surface area contributed by atoms with E-state index in [0.29, 0.717) is 12.5 Å². The summed E-state index contributed by atoms with van der Waals surface area (Å²) in [6.07, 6.45) is 7.31. The molecule has 4 heteroatoms. The molecule has 2 N–H and O–H groups in total. The second-order valence-corrected chi connectivity index (χ2v) is 7.36. The topological polar surface area (TPSA) is 41.1 Å². The van der Waals surface area contributed by atoms with Gasteiger partial charge in [0.05, 0.1) is 0 Å². The molecule has 0 aromatic carbocycles. The van der Waals surface area contributed by atoms with Crippen molar-refractivity contribution in [3.63, 3.8) is 0 Å². The summed E-state index contributed by atoms with van der Waals surface area (Å²) in [6.45, 7) is 4.27. The molecule has 3 nitrogen and oxygen atoms in total. The second-order valence-electron chi connectivity index (χ2n) is 6.21. The van der Waals surface area contributed by atoms with Crippen LogP contribution in [-0.2, 0) is 4.79 Å². The van der Waals surface area contributed by atoms with Gasteiger partial charge in [0.1, 0.15) is 0 Å². The third-order valence-corrected chi connectivity index (χ3v) is 5.48. The molecule has 1 heterocycles. The molecular formula is C15H28N2OS. The zero-order valence-electron chi connectivity index (χ0n) is 12.1. The minimum Gasteiger partial charge on any atom is -0.356 e. The molecule has 1 aliphatic carbocycles. The Morgan fingerprint density at radius 1 is 1.42 bits per heavy atom. The largest absolute Gasteiger partial charge is 0.356 e. The normalized spacial score (nSPS) is 31.9. The fraction of sp³-hybridized carbons (Fsp3) is 0.933. The predicted molar refractivity (Wildman–Crippen MR) is 82.5 cm³/mol. The number of nitrogens with one attached hydrogen (secondary N) is 2. The van der Waals surface area contributed by atoms with E-state index in [1.54, 1.807) is 0 Å². The molecule has 1 aliphatic heterocycles. The summed E-state index contributed by atoms with van der Waals surface area (Å²) in [4.78, 5) is 11.9. The summed E-state index contributed by atoms with van der Waals surface area (Å²) in [6, 6.07) is 0.383. The lowest BCUT2D eigenvalue weighted by Crippen LogP contribution is -2.41. The van der Waals surface area contributed by atoms with E-state index in [-0.39, 0.29) is 5.91 Å². The van der Waals surface area contributed by atoms with Gasteiger partial charge in [0.25, 0.3) is 0 Å². The van der Waals surface area contributed by atoms with Gasteiger partial charge in [0.2, 0.25) is 5.91 Å². The van der Waals surface area contributed by atoms with Crippen LogP contribution >= 0.6 is 11.8 Å². The first-order valence-electron chi connectivity index (χ1n) is 7.82. The summed E-state index contributed by atoms with van der Waals surface area (Å²) >= 11 is 1.95. The van der Waals surface area contributed by atoms with Gasteiger partial charge in [-0.15, -0.1) is 0 Å². The minimum absolute atomic E-state index is 0.226. The van der Waals surface area contributed by atoms with Crippen LogP contribution in [0.25, 0.3) is 0 Å². The highest BCUT2D eigenvalue weighted by Gasteiger charge is 2.19. The maximum atomic E-state index is 11.9. The number of rotatable bonds is 5. The summed E-state index contributed by atoms with van der Waals surface area (Å²) in [5, 5.41) is 6.52. The standard InChI is InChI=1S/C15H28N2OS/c1-12-3-2-4-13(9-12)5-6-17-15(18)10-14-11-19-8-7-16-14/h12-14,16H,2-11H2,1H3,(H,17,18). The lowest BCUT2D eigenvalue weighted by Gasteiger charge is -2.27. The lowest BCUT2D eigenvalue weighted by molar-refractivity contribution is -0.121. The highest BCUT2D eigenvalue weighted by atomic mass is 32.2. The molecule has 1 saturated carbocycles. The summed E-state index contributed by atoms with van der Waals surface area (Å²) in [7, 11) is 0. The van der Waals surface area contributed by atoms with Crippen molar-refractivity contribution in [1.29, 1.82) is 0 Å². The zero-order chi connectivity index (χ0) is 13.5. The summed E-state index contributed by atoms with van der Waals surface area (Å²) in [5.41, 5.74) is 0.